The molecule has 2 aromatic rings. The minimum atomic E-state index is -4.55. The van der Waals surface area contributed by atoms with Crippen LogP contribution >= 0.6 is 0 Å². The van der Waals surface area contributed by atoms with Gasteiger partial charge in [-0.1, -0.05) is 13.0 Å². The number of benzene rings is 1. The number of aryl methyl sites for hydroxylation is 2. The molecule has 2 fully saturated rings. The lowest BCUT2D eigenvalue weighted by atomic mass is 9.90. The largest absolute Gasteiger partial charge is 0.416 e. The van der Waals surface area contributed by atoms with Gasteiger partial charge in [0.2, 0.25) is 5.91 Å². The number of likely N-dealkylation sites (tertiary alicyclic amines) is 1. The third kappa shape index (κ3) is 7.39. The third-order valence-corrected chi connectivity index (χ3v) is 7.61. The molecule has 0 spiro atoms. The standard InChI is InChI=1S/C28H38F3N5O3/c1-4-12-39-25-17-35(22-8-10-23(11-9-22)36-19(3)13-18(2)34-36)16-24(25)33-26(37)15-32-27(38)20-6-5-7-21(14-20)28(29,30)31/h5-7,13-14,22-25H,4,8-12,15-17H2,1-3H3,(H,32,38)(H,33,37)/t22?,23?,24-,25+/m0/s1. The van der Waals surface area contributed by atoms with E-state index < -0.39 is 23.6 Å². The van der Waals surface area contributed by atoms with Crippen molar-refractivity contribution in [3.8, 4) is 0 Å². The van der Waals surface area contributed by atoms with Gasteiger partial charge in [0.1, 0.15) is 0 Å². The summed E-state index contributed by atoms with van der Waals surface area (Å²) in [7, 11) is 0. The fourth-order valence-electron chi connectivity index (χ4n) is 5.72. The Labute approximate surface area is 227 Å². The summed E-state index contributed by atoms with van der Waals surface area (Å²) in [5.74, 6) is -1.14. The maximum Gasteiger partial charge on any atom is 0.416 e. The number of nitrogens with one attached hydrogen (secondary N) is 2. The summed E-state index contributed by atoms with van der Waals surface area (Å²) < 4.78 is 47.1. The first kappa shape index (κ1) is 29.1. The fourth-order valence-corrected chi connectivity index (χ4v) is 5.72. The lowest BCUT2D eigenvalue weighted by molar-refractivity contribution is -0.137. The Kier molecular flexibility index (Phi) is 9.32. The number of aromatic nitrogens is 2. The molecule has 1 aliphatic carbocycles. The molecule has 8 nitrogen and oxygen atoms in total. The average molecular weight is 550 g/mol. The van der Waals surface area contributed by atoms with E-state index in [9.17, 15) is 22.8 Å². The Bertz CT molecular complexity index is 1140. The van der Waals surface area contributed by atoms with Crippen molar-refractivity contribution in [2.24, 2.45) is 0 Å². The molecule has 1 aromatic heterocycles. The molecular weight excluding hydrogens is 511 g/mol. The lowest BCUT2D eigenvalue weighted by Gasteiger charge is -2.35. The molecule has 11 heteroatoms. The number of amides is 2. The summed E-state index contributed by atoms with van der Waals surface area (Å²) in [6.07, 6.45) is 0.310. The predicted molar refractivity (Wildman–Crippen MR) is 140 cm³/mol. The summed E-state index contributed by atoms with van der Waals surface area (Å²) in [5.41, 5.74) is 1.16. The number of nitrogens with zero attached hydrogens (tertiary/aromatic N) is 3. The van der Waals surface area contributed by atoms with E-state index in [1.54, 1.807) is 0 Å². The molecule has 4 rings (SSSR count). The molecule has 2 atom stereocenters. The molecule has 0 unspecified atom stereocenters. The van der Waals surface area contributed by atoms with E-state index in [0.29, 0.717) is 25.2 Å². The van der Waals surface area contributed by atoms with Crippen LogP contribution in [0.3, 0.4) is 0 Å². The first-order chi connectivity index (χ1) is 18.5. The quantitative estimate of drug-likeness (QED) is 0.493. The first-order valence-electron chi connectivity index (χ1n) is 13.7. The van der Waals surface area contributed by atoms with Crippen LogP contribution in [0.1, 0.15) is 72.4 Å². The number of alkyl halides is 3. The molecule has 2 heterocycles. The number of hydrogen-bond acceptors (Lipinski definition) is 5. The zero-order valence-corrected chi connectivity index (χ0v) is 22.8. The van der Waals surface area contributed by atoms with Gasteiger partial charge >= 0.3 is 6.18 Å². The van der Waals surface area contributed by atoms with Gasteiger partial charge in [-0.3, -0.25) is 19.2 Å². The van der Waals surface area contributed by atoms with Crippen molar-refractivity contribution in [1.82, 2.24) is 25.3 Å². The van der Waals surface area contributed by atoms with Crippen LogP contribution < -0.4 is 10.6 Å². The second-order valence-corrected chi connectivity index (χ2v) is 10.6. The van der Waals surface area contributed by atoms with Crippen LogP contribution in [0.4, 0.5) is 13.2 Å². The number of hydrogen-bond donors (Lipinski definition) is 2. The fraction of sp³-hybridized carbons (Fsp3) is 0.607. The minimum absolute atomic E-state index is 0.148. The Morgan fingerprint density at radius 2 is 1.79 bits per heavy atom. The lowest BCUT2D eigenvalue weighted by Crippen LogP contribution is -2.48. The normalized spacial score (nSPS) is 24.1. The number of rotatable bonds is 9. The van der Waals surface area contributed by atoms with E-state index in [0.717, 1.165) is 56.5 Å². The molecule has 1 saturated heterocycles. The molecule has 2 aliphatic rings. The molecule has 1 aromatic carbocycles. The number of ether oxygens (including phenoxy) is 1. The Hall–Kier alpha value is -2.92. The highest BCUT2D eigenvalue weighted by Crippen LogP contribution is 2.33. The van der Waals surface area contributed by atoms with E-state index in [4.69, 9.17) is 4.74 Å². The van der Waals surface area contributed by atoms with Gasteiger partial charge in [0, 0.05) is 37.0 Å². The topological polar surface area (TPSA) is 88.5 Å². The van der Waals surface area contributed by atoms with Crippen LogP contribution in [0.25, 0.3) is 0 Å². The summed E-state index contributed by atoms with van der Waals surface area (Å²) in [5, 5.41) is 10.1. The molecule has 1 saturated carbocycles. The van der Waals surface area contributed by atoms with Crippen molar-refractivity contribution in [2.75, 3.05) is 26.2 Å². The number of carbonyl (C=O) groups excluding carboxylic acids is 2. The van der Waals surface area contributed by atoms with Gasteiger partial charge in [0.15, 0.2) is 0 Å². The maximum atomic E-state index is 13.0. The highest BCUT2D eigenvalue weighted by molar-refractivity contribution is 5.96. The van der Waals surface area contributed by atoms with Crippen LogP contribution in [0.5, 0.6) is 0 Å². The van der Waals surface area contributed by atoms with Crippen molar-refractivity contribution in [1.29, 1.82) is 0 Å². The predicted octanol–water partition coefficient (Wildman–Crippen LogP) is 4.03. The average Bonchev–Trinajstić information content (AvgIpc) is 3.47. The molecule has 0 radical (unpaired) electrons. The maximum absolute atomic E-state index is 13.0. The highest BCUT2D eigenvalue weighted by atomic mass is 19.4. The zero-order chi connectivity index (χ0) is 28.2. The van der Waals surface area contributed by atoms with Crippen molar-refractivity contribution >= 4 is 11.8 Å². The zero-order valence-electron chi connectivity index (χ0n) is 22.8. The van der Waals surface area contributed by atoms with Gasteiger partial charge in [-0.05, 0) is 70.2 Å². The Morgan fingerprint density at radius 3 is 2.44 bits per heavy atom. The molecule has 2 amide bonds. The van der Waals surface area contributed by atoms with Crippen LogP contribution in [-0.4, -0.2) is 70.9 Å². The van der Waals surface area contributed by atoms with Crippen LogP contribution in [0.15, 0.2) is 30.3 Å². The number of carbonyl (C=O) groups is 2. The summed E-state index contributed by atoms with van der Waals surface area (Å²) in [6.45, 7) is 7.76. The smallest absolute Gasteiger partial charge is 0.375 e. The van der Waals surface area contributed by atoms with Crippen LogP contribution in [-0.2, 0) is 15.7 Å². The molecule has 1 aliphatic heterocycles. The highest BCUT2D eigenvalue weighted by Gasteiger charge is 2.39. The van der Waals surface area contributed by atoms with Crippen LogP contribution in [0.2, 0.25) is 0 Å². The first-order valence-corrected chi connectivity index (χ1v) is 13.7. The van der Waals surface area contributed by atoms with E-state index >= 15 is 0 Å². The summed E-state index contributed by atoms with van der Waals surface area (Å²) >= 11 is 0. The van der Waals surface area contributed by atoms with Crippen molar-refractivity contribution in [2.45, 2.75) is 83.3 Å². The second-order valence-electron chi connectivity index (χ2n) is 10.6. The monoisotopic (exact) mass is 549 g/mol. The minimum Gasteiger partial charge on any atom is -0.375 e. The summed E-state index contributed by atoms with van der Waals surface area (Å²) in [4.78, 5) is 27.5. The Morgan fingerprint density at radius 1 is 1.08 bits per heavy atom. The SMILES string of the molecule is CCCO[C@@H]1CN(C2CCC(n3nc(C)cc3C)CC2)C[C@@H]1NC(=O)CNC(=O)c1cccc(C(F)(F)F)c1. The van der Waals surface area contributed by atoms with Crippen molar-refractivity contribution < 1.29 is 27.5 Å². The molecule has 2 N–H and O–H groups in total. The van der Waals surface area contributed by atoms with E-state index in [2.05, 4.69) is 38.3 Å². The second kappa shape index (κ2) is 12.5. The van der Waals surface area contributed by atoms with Gasteiger partial charge in [-0.25, -0.2) is 0 Å². The van der Waals surface area contributed by atoms with Gasteiger partial charge in [-0.15, -0.1) is 0 Å². The van der Waals surface area contributed by atoms with Gasteiger partial charge in [0.05, 0.1) is 36.0 Å². The summed E-state index contributed by atoms with van der Waals surface area (Å²) in [6, 6.07) is 6.81. The van der Waals surface area contributed by atoms with E-state index in [1.165, 1.54) is 17.8 Å². The van der Waals surface area contributed by atoms with Crippen LogP contribution in [0, 0.1) is 13.8 Å². The third-order valence-electron chi connectivity index (χ3n) is 7.61. The molecular formula is C28H38F3N5O3. The van der Waals surface area contributed by atoms with Crippen molar-refractivity contribution in [3.63, 3.8) is 0 Å². The molecule has 214 valence electrons. The Balaban J connectivity index is 1.30. The van der Waals surface area contributed by atoms with Gasteiger partial charge in [0.25, 0.3) is 5.91 Å². The number of halogens is 3. The van der Waals surface area contributed by atoms with Gasteiger partial charge in [-0.2, -0.15) is 18.3 Å². The van der Waals surface area contributed by atoms with Crippen molar-refractivity contribution in [3.05, 3.63) is 52.8 Å². The van der Waals surface area contributed by atoms with E-state index in [1.807, 2.05) is 13.8 Å². The van der Waals surface area contributed by atoms with E-state index in [-0.39, 0.29) is 24.3 Å². The molecule has 39 heavy (non-hydrogen) atoms. The molecule has 0 bridgehead atoms. The van der Waals surface area contributed by atoms with Gasteiger partial charge < -0.3 is 15.4 Å².